The highest BCUT2D eigenvalue weighted by atomic mass is 16.5. The quantitative estimate of drug-likeness (QED) is 0.516. The maximum Gasteiger partial charge on any atom is 0.0701 e. The number of nitriles is 1. The predicted octanol–water partition coefficient (Wildman–Crippen LogP) is 2.07. The molecule has 0 aliphatic carbocycles. The lowest BCUT2D eigenvalue weighted by Gasteiger charge is -2.29. The van der Waals surface area contributed by atoms with Crippen molar-refractivity contribution in [1.82, 2.24) is 4.90 Å². The molecule has 1 heterocycles. The monoisotopic (exact) mass is 298 g/mol. The lowest BCUT2D eigenvalue weighted by molar-refractivity contribution is 0.00875. The van der Waals surface area contributed by atoms with E-state index in [0.29, 0.717) is 33.0 Å². The number of likely N-dealkylation sites (tertiary alicyclic amines) is 1. The molecule has 0 saturated carbocycles. The van der Waals surface area contributed by atoms with Crippen LogP contribution in [0.5, 0.6) is 0 Å². The first-order valence-electron chi connectivity index (χ1n) is 8.22. The summed E-state index contributed by atoms with van der Waals surface area (Å²) in [5, 5.41) is 8.93. The summed E-state index contributed by atoms with van der Waals surface area (Å²) in [6.07, 6.45) is 4.45. The van der Waals surface area contributed by atoms with Crippen LogP contribution in [-0.4, -0.2) is 64.2 Å². The molecule has 1 aliphatic heterocycles. The topological polar surface area (TPSA) is 54.7 Å². The average Bonchev–Trinajstić information content (AvgIpc) is 2.53. The summed E-state index contributed by atoms with van der Waals surface area (Å²) in [6, 6.07) is 2.36. The van der Waals surface area contributed by atoms with Crippen LogP contribution in [0.2, 0.25) is 0 Å². The van der Waals surface area contributed by atoms with E-state index < -0.39 is 0 Å². The maximum absolute atomic E-state index is 8.93. The zero-order valence-corrected chi connectivity index (χ0v) is 13.4. The lowest BCUT2D eigenvalue weighted by atomic mass is 10.00. The average molecular weight is 298 g/mol. The zero-order valence-electron chi connectivity index (χ0n) is 13.4. The van der Waals surface area contributed by atoms with Crippen molar-refractivity contribution >= 4 is 0 Å². The number of ether oxygens (including phenoxy) is 3. The van der Waals surface area contributed by atoms with Gasteiger partial charge in [0.25, 0.3) is 0 Å². The molecule has 1 fully saturated rings. The molecule has 1 unspecified atom stereocenters. The van der Waals surface area contributed by atoms with Crippen molar-refractivity contribution in [2.45, 2.75) is 32.6 Å². The van der Waals surface area contributed by atoms with Gasteiger partial charge in [-0.1, -0.05) is 13.3 Å². The molecule has 122 valence electrons. The number of nitrogens with zero attached hydrogens (tertiary/aromatic N) is 2. The lowest BCUT2D eigenvalue weighted by Crippen LogP contribution is -2.37. The van der Waals surface area contributed by atoms with Crippen LogP contribution < -0.4 is 0 Å². The molecular formula is C16H30N2O3. The number of hydrogen-bond donors (Lipinski definition) is 0. The van der Waals surface area contributed by atoms with Crippen LogP contribution in [0.3, 0.4) is 0 Å². The number of unbranched alkanes of at least 4 members (excludes halogenated alkanes) is 1. The fraction of sp³-hybridized carbons (Fsp3) is 0.938. The number of rotatable bonds is 12. The summed E-state index contributed by atoms with van der Waals surface area (Å²) in [5.74, 6) is 0.204. The fourth-order valence-corrected chi connectivity index (χ4v) is 2.35. The second-order valence-corrected chi connectivity index (χ2v) is 5.46. The molecular weight excluding hydrogens is 268 g/mol. The van der Waals surface area contributed by atoms with E-state index in [9.17, 15) is 0 Å². The molecule has 5 heteroatoms. The Hall–Kier alpha value is -0.670. The molecule has 1 rings (SSSR count). The van der Waals surface area contributed by atoms with Crippen LogP contribution >= 0.6 is 0 Å². The van der Waals surface area contributed by atoms with Crippen LogP contribution in [0.1, 0.15) is 32.6 Å². The Labute approximate surface area is 129 Å². The molecule has 21 heavy (non-hydrogen) atoms. The van der Waals surface area contributed by atoms with Crippen LogP contribution in [0, 0.1) is 17.2 Å². The highest BCUT2D eigenvalue weighted by Gasteiger charge is 2.18. The second-order valence-electron chi connectivity index (χ2n) is 5.46. The van der Waals surface area contributed by atoms with Crippen molar-refractivity contribution in [1.29, 1.82) is 5.26 Å². The standard InChI is InChI=1S/C16H30N2O3/c1-2-3-8-19-10-12-21-13-11-20-9-7-18-6-4-5-16(14-17)15-18/h16H,2-13,15H2,1H3. The minimum absolute atomic E-state index is 0.204. The molecule has 1 atom stereocenters. The summed E-state index contributed by atoms with van der Waals surface area (Å²) >= 11 is 0. The normalized spacial score (nSPS) is 19.5. The van der Waals surface area contributed by atoms with Crippen molar-refractivity contribution in [3.8, 4) is 6.07 Å². The van der Waals surface area contributed by atoms with E-state index in [1.54, 1.807) is 0 Å². The van der Waals surface area contributed by atoms with E-state index in [0.717, 1.165) is 45.5 Å². The van der Waals surface area contributed by atoms with Crippen LogP contribution in [-0.2, 0) is 14.2 Å². The number of hydrogen-bond acceptors (Lipinski definition) is 5. The zero-order chi connectivity index (χ0) is 15.2. The van der Waals surface area contributed by atoms with E-state index in [2.05, 4.69) is 17.9 Å². The predicted molar refractivity (Wildman–Crippen MR) is 82.1 cm³/mol. The fourth-order valence-electron chi connectivity index (χ4n) is 2.35. The first-order valence-corrected chi connectivity index (χ1v) is 8.22. The molecule has 5 nitrogen and oxygen atoms in total. The van der Waals surface area contributed by atoms with Gasteiger partial charge in [0.1, 0.15) is 0 Å². The van der Waals surface area contributed by atoms with Gasteiger partial charge in [0, 0.05) is 19.7 Å². The van der Waals surface area contributed by atoms with Crippen molar-refractivity contribution in [2.24, 2.45) is 5.92 Å². The first-order chi connectivity index (χ1) is 10.4. The Morgan fingerprint density at radius 1 is 1.05 bits per heavy atom. The summed E-state index contributed by atoms with van der Waals surface area (Å²) in [4.78, 5) is 2.32. The molecule has 1 aliphatic rings. The molecule has 0 radical (unpaired) electrons. The van der Waals surface area contributed by atoms with Gasteiger partial charge >= 0.3 is 0 Å². The highest BCUT2D eigenvalue weighted by Crippen LogP contribution is 2.14. The highest BCUT2D eigenvalue weighted by molar-refractivity contribution is 4.88. The number of piperidine rings is 1. The molecule has 0 aromatic heterocycles. The van der Waals surface area contributed by atoms with Gasteiger partial charge in [0.2, 0.25) is 0 Å². The molecule has 0 bridgehead atoms. The third kappa shape index (κ3) is 9.81. The Bertz CT molecular complexity index is 281. The van der Waals surface area contributed by atoms with Gasteiger partial charge in [-0.2, -0.15) is 5.26 Å². The van der Waals surface area contributed by atoms with E-state index >= 15 is 0 Å². The van der Waals surface area contributed by atoms with Crippen molar-refractivity contribution in [3.05, 3.63) is 0 Å². The minimum Gasteiger partial charge on any atom is -0.379 e. The van der Waals surface area contributed by atoms with Gasteiger partial charge in [0.15, 0.2) is 0 Å². The largest absolute Gasteiger partial charge is 0.379 e. The van der Waals surface area contributed by atoms with Crippen LogP contribution in [0.15, 0.2) is 0 Å². The molecule has 1 saturated heterocycles. The van der Waals surface area contributed by atoms with Gasteiger partial charge in [-0.05, 0) is 25.8 Å². The molecule has 0 aromatic carbocycles. The Morgan fingerprint density at radius 2 is 1.71 bits per heavy atom. The second kappa shape index (κ2) is 13.0. The summed E-state index contributed by atoms with van der Waals surface area (Å²) < 4.78 is 16.4. The van der Waals surface area contributed by atoms with E-state index in [1.165, 1.54) is 6.42 Å². The Balaban J connectivity index is 1.81. The third-order valence-corrected chi connectivity index (χ3v) is 3.63. The van der Waals surface area contributed by atoms with E-state index in [1.807, 2.05) is 0 Å². The van der Waals surface area contributed by atoms with Gasteiger partial charge in [-0.3, -0.25) is 4.90 Å². The molecule has 0 spiro atoms. The van der Waals surface area contributed by atoms with Gasteiger partial charge < -0.3 is 14.2 Å². The van der Waals surface area contributed by atoms with Crippen molar-refractivity contribution in [3.63, 3.8) is 0 Å². The van der Waals surface area contributed by atoms with E-state index in [-0.39, 0.29) is 5.92 Å². The van der Waals surface area contributed by atoms with Crippen LogP contribution in [0.25, 0.3) is 0 Å². The third-order valence-electron chi connectivity index (χ3n) is 3.63. The molecule has 0 amide bonds. The summed E-state index contributed by atoms with van der Waals surface area (Å²) in [5.41, 5.74) is 0. The van der Waals surface area contributed by atoms with Crippen LogP contribution in [0.4, 0.5) is 0 Å². The van der Waals surface area contributed by atoms with E-state index in [4.69, 9.17) is 19.5 Å². The minimum atomic E-state index is 0.204. The molecule has 0 aromatic rings. The smallest absolute Gasteiger partial charge is 0.0701 e. The summed E-state index contributed by atoms with van der Waals surface area (Å²) in [6.45, 7) is 9.16. The Kier molecular flexibility index (Phi) is 11.4. The van der Waals surface area contributed by atoms with Gasteiger partial charge in [-0.25, -0.2) is 0 Å². The van der Waals surface area contributed by atoms with Crippen molar-refractivity contribution < 1.29 is 14.2 Å². The van der Waals surface area contributed by atoms with Gasteiger partial charge in [0.05, 0.1) is 45.0 Å². The SMILES string of the molecule is CCCCOCCOCCOCCN1CCCC(C#N)C1. The van der Waals surface area contributed by atoms with Gasteiger partial charge in [-0.15, -0.1) is 0 Å². The molecule has 0 N–H and O–H groups in total. The summed E-state index contributed by atoms with van der Waals surface area (Å²) in [7, 11) is 0. The first kappa shape index (κ1) is 18.4. The Morgan fingerprint density at radius 3 is 2.38 bits per heavy atom. The van der Waals surface area contributed by atoms with Crippen molar-refractivity contribution in [2.75, 3.05) is 59.3 Å². The maximum atomic E-state index is 8.93.